The molecule has 1 heteroatoms. The van der Waals surface area contributed by atoms with E-state index in [0.29, 0.717) is 0 Å². The van der Waals surface area contributed by atoms with Crippen molar-refractivity contribution < 1.29 is 5.11 Å². The number of aliphatic hydroxyl groups excluding tert-OH is 1. The SMILES string of the molecule is C[C@H](O)CCc1ccccc1C1CC1. The summed E-state index contributed by atoms with van der Waals surface area (Å²) in [4.78, 5) is 0. The molecular weight excluding hydrogens is 172 g/mol. The minimum absolute atomic E-state index is 0.178. The van der Waals surface area contributed by atoms with Crippen molar-refractivity contribution in [3.05, 3.63) is 35.4 Å². The summed E-state index contributed by atoms with van der Waals surface area (Å²) in [5, 5.41) is 9.26. The monoisotopic (exact) mass is 190 g/mol. The van der Waals surface area contributed by atoms with Crippen molar-refractivity contribution >= 4 is 0 Å². The van der Waals surface area contributed by atoms with Crippen LogP contribution in [-0.2, 0) is 6.42 Å². The van der Waals surface area contributed by atoms with Crippen molar-refractivity contribution in [3.63, 3.8) is 0 Å². The molecule has 1 aromatic rings. The summed E-state index contributed by atoms with van der Waals surface area (Å²) in [6.07, 6.45) is 4.42. The highest BCUT2D eigenvalue weighted by atomic mass is 16.3. The molecule has 0 saturated heterocycles. The van der Waals surface area contributed by atoms with Crippen molar-refractivity contribution in [2.75, 3.05) is 0 Å². The first-order valence-electron chi connectivity index (χ1n) is 5.53. The Hall–Kier alpha value is -0.820. The van der Waals surface area contributed by atoms with Gasteiger partial charge in [-0.25, -0.2) is 0 Å². The third-order valence-corrected chi connectivity index (χ3v) is 2.90. The molecule has 14 heavy (non-hydrogen) atoms. The zero-order chi connectivity index (χ0) is 9.97. The molecule has 1 N–H and O–H groups in total. The van der Waals surface area contributed by atoms with E-state index in [-0.39, 0.29) is 6.10 Å². The second-order valence-electron chi connectivity index (χ2n) is 4.36. The Morgan fingerprint density at radius 1 is 1.36 bits per heavy atom. The van der Waals surface area contributed by atoms with Gasteiger partial charge in [0.05, 0.1) is 6.10 Å². The Kier molecular flexibility index (Phi) is 2.87. The van der Waals surface area contributed by atoms with Crippen LogP contribution in [0.3, 0.4) is 0 Å². The Morgan fingerprint density at radius 2 is 2.07 bits per heavy atom. The van der Waals surface area contributed by atoms with Gasteiger partial charge in [0.1, 0.15) is 0 Å². The lowest BCUT2D eigenvalue weighted by atomic mass is 9.98. The van der Waals surface area contributed by atoms with Crippen LogP contribution in [0, 0.1) is 0 Å². The lowest BCUT2D eigenvalue weighted by Crippen LogP contribution is -2.02. The molecule has 1 aromatic carbocycles. The Labute approximate surface area is 85.8 Å². The first-order valence-corrected chi connectivity index (χ1v) is 5.53. The van der Waals surface area contributed by atoms with Gasteiger partial charge in [0.15, 0.2) is 0 Å². The molecule has 76 valence electrons. The van der Waals surface area contributed by atoms with Gasteiger partial charge in [-0.3, -0.25) is 0 Å². The van der Waals surface area contributed by atoms with Gasteiger partial charge < -0.3 is 5.11 Å². The second kappa shape index (κ2) is 4.14. The third-order valence-electron chi connectivity index (χ3n) is 2.90. The molecule has 0 radical (unpaired) electrons. The number of hydrogen-bond donors (Lipinski definition) is 1. The summed E-state index contributed by atoms with van der Waals surface area (Å²) in [7, 11) is 0. The minimum Gasteiger partial charge on any atom is -0.393 e. The molecule has 0 unspecified atom stereocenters. The normalized spacial score (nSPS) is 18.1. The summed E-state index contributed by atoms with van der Waals surface area (Å²) in [6, 6.07) is 8.67. The molecule has 0 aromatic heterocycles. The van der Waals surface area contributed by atoms with Gasteiger partial charge in [-0.15, -0.1) is 0 Å². The van der Waals surface area contributed by atoms with Crippen molar-refractivity contribution in [1.29, 1.82) is 0 Å². The van der Waals surface area contributed by atoms with Gasteiger partial charge in [0.25, 0.3) is 0 Å². The van der Waals surface area contributed by atoms with Gasteiger partial charge >= 0.3 is 0 Å². The van der Waals surface area contributed by atoms with E-state index in [1.165, 1.54) is 24.0 Å². The van der Waals surface area contributed by atoms with Gasteiger partial charge in [0, 0.05) is 0 Å². The Balaban J connectivity index is 2.07. The lowest BCUT2D eigenvalue weighted by molar-refractivity contribution is 0.185. The summed E-state index contributed by atoms with van der Waals surface area (Å²) >= 11 is 0. The van der Waals surface area contributed by atoms with Crippen LogP contribution >= 0.6 is 0 Å². The van der Waals surface area contributed by atoms with E-state index in [1.54, 1.807) is 0 Å². The predicted molar refractivity (Wildman–Crippen MR) is 58.4 cm³/mol. The molecule has 1 atom stereocenters. The number of aliphatic hydroxyl groups is 1. The minimum atomic E-state index is -0.178. The second-order valence-corrected chi connectivity index (χ2v) is 4.36. The fourth-order valence-corrected chi connectivity index (χ4v) is 1.92. The first kappa shape index (κ1) is 9.72. The van der Waals surface area contributed by atoms with Gasteiger partial charge in [0.2, 0.25) is 0 Å². The van der Waals surface area contributed by atoms with Gasteiger partial charge in [-0.05, 0) is 49.7 Å². The van der Waals surface area contributed by atoms with E-state index in [2.05, 4.69) is 24.3 Å². The average molecular weight is 190 g/mol. The van der Waals surface area contributed by atoms with Crippen molar-refractivity contribution in [2.24, 2.45) is 0 Å². The molecular formula is C13H18O. The van der Waals surface area contributed by atoms with Crippen LogP contribution in [0.25, 0.3) is 0 Å². The van der Waals surface area contributed by atoms with Crippen LogP contribution in [-0.4, -0.2) is 11.2 Å². The molecule has 2 rings (SSSR count). The van der Waals surface area contributed by atoms with E-state index >= 15 is 0 Å². The quantitative estimate of drug-likeness (QED) is 0.774. The summed E-state index contributed by atoms with van der Waals surface area (Å²) in [5.41, 5.74) is 2.96. The maximum atomic E-state index is 9.26. The highest BCUT2D eigenvalue weighted by Crippen LogP contribution is 2.41. The van der Waals surface area contributed by atoms with E-state index in [1.807, 2.05) is 6.92 Å². The zero-order valence-corrected chi connectivity index (χ0v) is 8.74. The summed E-state index contributed by atoms with van der Waals surface area (Å²) < 4.78 is 0. The number of aryl methyl sites for hydroxylation is 1. The summed E-state index contributed by atoms with van der Waals surface area (Å²) in [6.45, 7) is 1.86. The third kappa shape index (κ3) is 2.36. The largest absolute Gasteiger partial charge is 0.393 e. The number of hydrogen-bond acceptors (Lipinski definition) is 1. The van der Waals surface area contributed by atoms with Crippen LogP contribution < -0.4 is 0 Å². The lowest BCUT2D eigenvalue weighted by Gasteiger charge is -2.09. The van der Waals surface area contributed by atoms with Crippen molar-refractivity contribution in [2.45, 2.75) is 44.6 Å². The van der Waals surface area contributed by atoms with Crippen LogP contribution in [0.1, 0.15) is 43.2 Å². The fourth-order valence-electron chi connectivity index (χ4n) is 1.92. The van der Waals surface area contributed by atoms with E-state index < -0.39 is 0 Å². The molecule has 1 aliphatic carbocycles. The van der Waals surface area contributed by atoms with Crippen LogP contribution in [0.4, 0.5) is 0 Å². The van der Waals surface area contributed by atoms with Crippen molar-refractivity contribution in [1.82, 2.24) is 0 Å². The first-order chi connectivity index (χ1) is 6.77. The van der Waals surface area contributed by atoms with Crippen molar-refractivity contribution in [3.8, 4) is 0 Å². The van der Waals surface area contributed by atoms with Crippen LogP contribution in [0.5, 0.6) is 0 Å². The fraction of sp³-hybridized carbons (Fsp3) is 0.538. The summed E-state index contributed by atoms with van der Waals surface area (Å²) in [5.74, 6) is 0.820. The smallest absolute Gasteiger partial charge is 0.0515 e. The maximum absolute atomic E-state index is 9.26. The molecule has 0 amide bonds. The topological polar surface area (TPSA) is 20.2 Å². The van der Waals surface area contributed by atoms with E-state index in [9.17, 15) is 5.11 Å². The molecule has 0 heterocycles. The number of rotatable bonds is 4. The van der Waals surface area contributed by atoms with E-state index in [0.717, 1.165) is 18.8 Å². The predicted octanol–water partition coefficient (Wildman–Crippen LogP) is 2.88. The van der Waals surface area contributed by atoms with Crippen LogP contribution in [0.2, 0.25) is 0 Å². The molecule has 1 aliphatic rings. The molecule has 1 fully saturated rings. The average Bonchev–Trinajstić information content (AvgIpc) is 2.98. The Bertz CT molecular complexity index is 300. The van der Waals surface area contributed by atoms with Gasteiger partial charge in [-0.2, -0.15) is 0 Å². The van der Waals surface area contributed by atoms with Gasteiger partial charge in [-0.1, -0.05) is 24.3 Å². The molecule has 0 bridgehead atoms. The van der Waals surface area contributed by atoms with E-state index in [4.69, 9.17) is 0 Å². The standard InChI is InChI=1S/C13H18O/c1-10(14)6-7-11-4-2-3-5-13(11)12-8-9-12/h2-5,10,12,14H,6-9H2,1H3/t10-/m0/s1. The highest BCUT2D eigenvalue weighted by molar-refractivity contribution is 5.33. The molecule has 1 nitrogen and oxygen atoms in total. The number of benzene rings is 1. The molecule has 0 spiro atoms. The maximum Gasteiger partial charge on any atom is 0.0515 e. The van der Waals surface area contributed by atoms with Crippen LogP contribution in [0.15, 0.2) is 24.3 Å². The molecule has 1 saturated carbocycles. The molecule has 0 aliphatic heterocycles. The highest BCUT2D eigenvalue weighted by Gasteiger charge is 2.25. The zero-order valence-electron chi connectivity index (χ0n) is 8.74. The Morgan fingerprint density at radius 3 is 2.71 bits per heavy atom.